The number of aromatic hydroxyl groups is 1. The predicted octanol–water partition coefficient (Wildman–Crippen LogP) is 0.0169. The third-order valence-corrected chi connectivity index (χ3v) is 7.12. The third-order valence-electron chi connectivity index (χ3n) is 6.92. The molecule has 4 rings (SSSR count). The van der Waals surface area contributed by atoms with E-state index in [-0.39, 0.29) is 36.1 Å². The van der Waals surface area contributed by atoms with Gasteiger partial charge in [0.1, 0.15) is 17.4 Å². The fourth-order valence-corrected chi connectivity index (χ4v) is 5.57. The van der Waals surface area contributed by atoms with Gasteiger partial charge >= 0.3 is 0 Å². The van der Waals surface area contributed by atoms with E-state index in [4.69, 9.17) is 18.2 Å². The van der Waals surface area contributed by atoms with Crippen LogP contribution in [-0.4, -0.2) is 63.7 Å². The molecule has 3 aliphatic carbocycles. The average molecular weight is 461 g/mol. The Kier molecular flexibility index (Phi) is 5.11. The van der Waals surface area contributed by atoms with E-state index in [2.05, 4.69) is 4.36 Å². The number of aliphatic hydroxyl groups excluding tert-OH is 2. The Balaban J connectivity index is 1.93. The number of nitrogens with two attached hydrogens (primary N) is 1. The molecule has 3 aliphatic rings. The van der Waals surface area contributed by atoms with Gasteiger partial charge in [-0.2, -0.15) is 4.36 Å². The van der Waals surface area contributed by atoms with Crippen molar-refractivity contribution in [2.24, 2.45) is 27.9 Å². The molecule has 1 aromatic rings. The molecule has 32 heavy (non-hydrogen) atoms. The zero-order chi connectivity index (χ0) is 23.7. The average Bonchev–Trinajstić information content (AvgIpc) is 2.70. The number of primary amides is 1. The Hall–Kier alpha value is -2.89. The van der Waals surface area contributed by atoms with Gasteiger partial charge in [0.2, 0.25) is 11.7 Å². The maximum atomic E-state index is 13.4. The Bertz CT molecular complexity index is 1120. The summed E-state index contributed by atoms with van der Waals surface area (Å²) in [6.45, 7) is 0. The zero-order valence-electron chi connectivity index (χ0n) is 17.4. The Labute approximate surface area is 188 Å². The van der Waals surface area contributed by atoms with Crippen LogP contribution in [0.4, 0.5) is 11.4 Å². The number of Topliss-reactive ketones (excluding diaryl/α,β-unsaturated/α-hetero) is 2. The maximum Gasteiger partial charge on any atom is 0.230 e. The molecule has 1 amide bonds. The van der Waals surface area contributed by atoms with Gasteiger partial charge in [0, 0.05) is 43.7 Å². The minimum absolute atomic E-state index is 0.0264. The van der Waals surface area contributed by atoms with Crippen LogP contribution in [0.25, 0.3) is 5.76 Å². The first-order valence-electron chi connectivity index (χ1n) is 10.1. The van der Waals surface area contributed by atoms with Crippen molar-refractivity contribution in [1.82, 2.24) is 0 Å². The van der Waals surface area contributed by atoms with Gasteiger partial charge in [0.25, 0.3) is 0 Å². The highest BCUT2D eigenvalue weighted by atomic mass is 32.1. The number of nitrogens with zero attached hydrogens (tertiary/aromatic N) is 2. The molecule has 0 radical (unpaired) electrons. The van der Waals surface area contributed by atoms with Crippen LogP contribution in [0.15, 0.2) is 16.0 Å². The number of ketones is 2. The second-order valence-corrected chi connectivity index (χ2v) is 9.02. The maximum absolute atomic E-state index is 13.4. The summed E-state index contributed by atoms with van der Waals surface area (Å²) in [5, 5.41) is 43.3. The lowest BCUT2D eigenvalue weighted by Gasteiger charge is -2.48. The second kappa shape index (κ2) is 7.32. The monoisotopic (exact) mass is 461 g/mol. The van der Waals surface area contributed by atoms with Crippen LogP contribution >= 0.6 is 0 Å². The van der Waals surface area contributed by atoms with E-state index in [1.807, 2.05) is 0 Å². The Morgan fingerprint density at radius 3 is 2.50 bits per heavy atom. The van der Waals surface area contributed by atoms with Crippen LogP contribution in [0.5, 0.6) is 5.75 Å². The van der Waals surface area contributed by atoms with Crippen LogP contribution in [0, 0.1) is 17.8 Å². The quantitative estimate of drug-likeness (QED) is 0.389. The van der Waals surface area contributed by atoms with Gasteiger partial charge in [-0.25, -0.2) is 0 Å². The van der Waals surface area contributed by atoms with E-state index in [0.29, 0.717) is 11.3 Å². The molecule has 0 aliphatic heterocycles. The summed E-state index contributed by atoms with van der Waals surface area (Å²) in [5.41, 5.74) is 3.62. The van der Waals surface area contributed by atoms with Crippen molar-refractivity contribution >= 4 is 47.0 Å². The minimum Gasteiger partial charge on any atom is -0.507 e. The van der Waals surface area contributed by atoms with Crippen molar-refractivity contribution in [2.75, 3.05) is 19.0 Å². The molecular formula is C21H23N3O7S. The number of phenols is 1. The first-order valence-corrected chi connectivity index (χ1v) is 10.4. The molecule has 0 heterocycles. The molecule has 11 heteroatoms. The lowest BCUT2D eigenvalue weighted by molar-refractivity contribution is -0.174. The van der Waals surface area contributed by atoms with E-state index < -0.39 is 58.4 Å². The molecule has 5 atom stereocenters. The number of phenolic OH excluding ortho intramolecular Hbond substituents is 1. The van der Waals surface area contributed by atoms with Crippen LogP contribution in [0.1, 0.15) is 24.0 Å². The summed E-state index contributed by atoms with van der Waals surface area (Å²) < 4.78 is 3.61. The number of carbonyl (C=O) groups excluding carboxylic acids is 3. The fourth-order valence-electron chi connectivity index (χ4n) is 5.43. The van der Waals surface area contributed by atoms with E-state index in [9.17, 15) is 34.8 Å². The largest absolute Gasteiger partial charge is 0.507 e. The first kappa shape index (κ1) is 22.3. The standard InChI is InChI=1S/C21H23N3O7S/c1-24(2)11-6-10(23-32)16(26)14-9(11)4-7-3-8-5-12(25)15(20(22)30)19(29)21(8,31)18(28)13(7)17(14)27/h6-8,12,15,25-27,31H,3-5H2,1-2H3,(H2,22,30)/t7-,8+,12?,15?,21+/m1/s1. The molecule has 1 aromatic carbocycles. The number of benzene rings is 1. The van der Waals surface area contributed by atoms with Gasteiger partial charge in [-0.1, -0.05) is 0 Å². The Morgan fingerprint density at radius 1 is 1.28 bits per heavy atom. The highest BCUT2D eigenvalue weighted by Gasteiger charge is 2.64. The number of hydrogen-bond donors (Lipinski definition) is 5. The number of fused-ring (bicyclic) bond motifs is 3. The van der Waals surface area contributed by atoms with Gasteiger partial charge in [-0.15, -0.1) is 0 Å². The fraction of sp³-hybridized carbons (Fsp3) is 0.476. The van der Waals surface area contributed by atoms with E-state index in [1.54, 1.807) is 25.1 Å². The van der Waals surface area contributed by atoms with Crippen LogP contribution < -0.4 is 10.6 Å². The summed E-state index contributed by atoms with van der Waals surface area (Å²) in [5.74, 6) is -7.58. The minimum atomic E-state index is -2.60. The molecule has 6 N–H and O–H groups in total. The lowest BCUT2D eigenvalue weighted by atomic mass is 9.56. The van der Waals surface area contributed by atoms with E-state index >= 15 is 0 Å². The smallest absolute Gasteiger partial charge is 0.230 e. The first-order chi connectivity index (χ1) is 14.9. The molecule has 0 saturated heterocycles. The number of anilines is 1. The number of rotatable bonds is 3. The van der Waals surface area contributed by atoms with Gasteiger partial charge < -0.3 is 31.1 Å². The molecule has 2 unspecified atom stereocenters. The van der Waals surface area contributed by atoms with Gasteiger partial charge in [0.15, 0.2) is 17.1 Å². The molecular weight excluding hydrogens is 438 g/mol. The van der Waals surface area contributed by atoms with Gasteiger partial charge in [-0.05, 0) is 36.8 Å². The van der Waals surface area contributed by atoms with E-state index in [0.717, 1.165) is 0 Å². The highest BCUT2D eigenvalue weighted by molar-refractivity contribution is 7.47. The number of aliphatic hydroxyl groups is 3. The topological polar surface area (TPSA) is 174 Å². The summed E-state index contributed by atoms with van der Waals surface area (Å²) >= 11 is 4.72. The second-order valence-electron chi connectivity index (χ2n) is 8.84. The van der Waals surface area contributed by atoms with Crippen LogP contribution in [-0.2, 0) is 33.2 Å². The van der Waals surface area contributed by atoms with Crippen molar-refractivity contribution in [3.8, 4) is 5.75 Å². The van der Waals surface area contributed by atoms with Crippen LogP contribution in [0.2, 0.25) is 0 Å². The SMILES string of the molecule is CN(C)c1cc(N=S)c(O)c2c1C[C@H]1C[C@H]3CC(O)C(C(N)=O)C(=O)[C@@]3(O)C(=O)C1=C2O. The van der Waals surface area contributed by atoms with Crippen molar-refractivity contribution in [3.63, 3.8) is 0 Å². The number of hydrogen-bond acceptors (Lipinski definition) is 10. The molecule has 170 valence electrons. The molecule has 0 spiro atoms. The number of carbonyl (C=O) groups is 3. The van der Waals surface area contributed by atoms with Crippen molar-refractivity contribution in [3.05, 3.63) is 22.8 Å². The van der Waals surface area contributed by atoms with Gasteiger partial charge in [-0.3, -0.25) is 14.4 Å². The molecule has 2 saturated carbocycles. The normalized spacial score (nSPS) is 31.5. The third kappa shape index (κ3) is 2.81. The molecule has 10 nitrogen and oxygen atoms in total. The highest BCUT2D eigenvalue weighted by Crippen LogP contribution is 2.53. The summed E-state index contributed by atoms with van der Waals surface area (Å²) in [7, 11) is 3.53. The summed E-state index contributed by atoms with van der Waals surface area (Å²) in [6.07, 6.45) is -1.24. The van der Waals surface area contributed by atoms with Crippen molar-refractivity contribution < 1.29 is 34.8 Å². The summed E-state index contributed by atoms with van der Waals surface area (Å²) in [4.78, 5) is 39.9. The van der Waals surface area contributed by atoms with E-state index in [1.165, 1.54) is 0 Å². The zero-order valence-corrected chi connectivity index (χ0v) is 18.2. The number of amides is 1. The summed E-state index contributed by atoms with van der Waals surface area (Å²) in [6, 6.07) is 1.58. The Morgan fingerprint density at radius 2 is 1.94 bits per heavy atom. The lowest BCUT2D eigenvalue weighted by Crippen LogP contribution is -2.66. The van der Waals surface area contributed by atoms with Gasteiger partial charge in [0.05, 0.1) is 11.7 Å². The molecule has 0 aromatic heterocycles. The predicted molar refractivity (Wildman–Crippen MR) is 115 cm³/mol. The molecule has 0 bridgehead atoms. The molecule has 2 fully saturated rings. The van der Waals surface area contributed by atoms with Crippen LogP contribution in [0.3, 0.4) is 0 Å². The van der Waals surface area contributed by atoms with Crippen molar-refractivity contribution in [1.29, 1.82) is 0 Å². The van der Waals surface area contributed by atoms with Crippen molar-refractivity contribution in [2.45, 2.75) is 31.0 Å².